The number of hydrogen-bond acceptors (Lipinski definition) is 7. The zero-order chi connectivity index (χ0) is 35.4. The summed E-state index contributed by atoms with van der Waals surface area (Å²) >= 11 is 2.02. The molecule has 0 amide bonds. The normalized spacial score (nSPS) is 11.3. The molecule has 0 radical (unpaired) electrons. The average molecular weight is 739 g/mol. The Morgan fingerprint density at radius 1 is 0.442 bits per heavy atom. The van der Waals surface area contributed by atoms with Gasteiger partial charge >= 0.3 is 0 Å². The summed E-state index contributed by atoms with van der Waals surface area (Å²) in [6.45, 7) is 0. The van der Waals surface area contributed by atoms with Gasteiger partial charge < -0.3 is 4.55 Å². The van der Waals surface area contributed by atoms with Gasteiger partial charge in [0, 0.05) is 58.2 Å². The standard InChI is InChI=1S/C42H28F2N4OS3/c43-35-13-9-29(10-14-35)37-39(31-17-21-45-22-18-31)50-41(47-37)33-5-1-27(2-6-33)25-52(49)26-28-3-7-34(8-4-28)42-48-38(30-11-15-36(44)16-12-30)40(51-42)32-19-23-46-24-20-32/h1-24H,25-26H2. The Kier molecular flexibility index (Phi) is 9.78. The van der Waals surface area contributed by atoms with Crippen LogP contribution in [0.2, 0.25) is 0 Å². The summed E-state index contributed by atoms with van der Waals surface area (Å²) in [5, 5.41) is 1.69. The minimum atomic E-state index is -1.13. The fourth-order valence-electron chi connectivity index (χ4n) is 5.80. The van der Waals surface area contributed by atoms with Gasteiger partial charge in [-0.15, -0.1) is 22.7 Å². The van der Waals surface area contributed by atoms with Crippen LogP contribution < -0.4 is 0 Å². The molecule has 0 spiro atoms. The topological polar surface area (TPSA) is 74.6 Å². The third kappa shape index (κ3) is 7.46. The van der Waals surface area contributed by atoms with E-state index >= 15 is 0 Å². The first-order valence-electron chi connectivity index (χ1n) is 16.3. The SMILES string of the molecule is [O-][S+](Cc1ccc(-c2nc(-c3ccc(F)cc3)c(-c3ccncc3)s2)cc1)Cc1ccc(-c2nc(-c3ccc(F)cc3)c(-c3ccncc3)s2)cc1. The Labute approximate surface area is 310 Å². The van der Waals surface area contributed by atoms with Gasteiger partial charge in [0.25, 0.3) is 0 Å². The largest absolute Gasteiger partial charge is 0.616 e. The maximum atomic E-state index is 13.7. The molecule has 0 saturated carbocycles. The van der Waals surface area contributed by atoms with E-state index in [1.165, 1.54) is 24.3 Å². The van der Waals surface area contributed by atoms with Crippen LogP contribution in [0.25, 0.3) is 64.5 Å². The molecule has 254 valence electrons. The highest BCUT2D eigenvalue weighted by Gasteiger charge is 2.19. The van der Waals surface area contributed by atoms with Gasteiger partial charge in [-0.2, -0.15) is 0 Å². The lowest BCUT2D eigenvalue weighted by atomic mass is 10.1. The first kappa shape index (κ1) is 33.7. The molecule has 0 N–H and O–H groups in total. The Hall–Kier alpha value is -5.39. The molecule has 8 rings (SSSR count). The molecule has 4 heterocycles. The average Bonchev–Trinajstić information content (AvgIpc) is 3.83. The monoisotopic (exact) mass is 738 g/mol. The van der Waals surface area contributed by atoms with E-state index in [-0.39, 0.29) is 11.6 Å². The predicted octanol–water partition coefficient (Wildman–Crippen LogP) is 11.1. The van der Waals surface area contributed by atoms with Crippen molar-refractivity contribution in [3.63, 3.8) is 0 Å². The van der Waals surface area contributed by atoms with Crippen molar-refractivity contribution >= 4 is 33.8 Å². The maximum absolute atomic E-state index is 13.7. The van der Waals surface area contributed by atoms with Crippen molar-refractivity contribution < 1.29 is 13.3 Å². The molecule has 52 heavy (non-hydrogen) atoms. The second-order valence-corrected chi connectivity index (χ2v) is 15.5. The Balaban J connectivity index is 0.966. The molecule has 0 aliphatic heterocycles. The van der Waals surface area contributed by atoms with Gasteiger partial charge in [0.15, 0.2) is 0 Å². The van der Waals surface area contributed by atoms with Crippen molar-refractivity contribution in [3.05, 3.63) is 169 Å². The minimum Gasteiger partial charge on any atom is -0.616 e. The summed E-state index contributed by atoms with van der Waals surface area (Å²) in [5.74, 6) is 0.260. The zero-order valence-electron chi connectivity index (χ0n) is 27.4. The first-order valence-corrected chi connectivity index (χ1v) is 19.5. The summed E-state index contributed by atoms with van der Waals surface area (Å²) in [6, 6.07) is 36.6. The zero-order valence-corrected chi connectivity index (χ0v) is 29.9. The number of halogens is 2. The second kappa shape index (κ2) is 15.1. The molecule has 0 aliphatic carbocycles. The molecule has 0 saturated heterocycles. The van der Waals surface area contributed by atoms with E-state index in [2.05, 4.69) is 9.97 Å². The van der Waals surface area contributed by atoms with Gasteiger partial charge in [-0.25, -0.2) is 18.7 Å². The highest BCUT2D eigenvalue weighted by Crippen LogP contribution is 2.42. The lowest BCUT2D eigenvalue weighted by molar-refractivity contribution is 0.593. The van der Waals surface area contributed by atoms with Crippen molar-refractivity contribution in [1.82, 2.24) is 19.9 Å². The summed E-state index contributed by atoms with van der Waals surface area (Å²) in [6.07, 6.45) is 7.00. The maximum Gasteiger partial charge on any atom is 0.131 e. The molecular formula is C42H28F2N4OS3. The molecule has 0 aliphatic rings. The second-order valence-electron chi connectivity index (χ2n) is 12.0. The molecule has 10 heteroatoms. The summed E-state index contributed by atoms with van der Waals surface area (Å²) in [5.41, 5.74) is 9.11. The molecule has 0 bridgehead atoms. The van der Waals surface area contributed by atoms with E-state index in [1.807, 2.05) is 72.8 Å². The van der Waals surface area contributed by atoms with E-state index in [0.717, 1.165) is 75.7 Å². The number of aromatic nitrogens is 4. The summed E-state index contributed by atoms with van der Waals surface area (Å²) in [4.78, 5) is 20.2. The van der Waals surface area contributed by atoms with Crippen molar-refractivity contribution in [3.8, 4) is 64.5 Å². The molecule has 0 fully saturated rings. The van der Waals surface area contributed by atoms with Gasteiger partial charge in [0.2, 0.25) is 0 Å². The first-order chi connectivity index (χ1) is 25.5. The van der Waals surface area contributed by atoms with Crippen LogP contribution in [0.4, 0.5) is 8.78 Å². The van der Waals surface area contributed by atoms with Gasteiger partial charge in [0.05, 0.1) is 21.1 Å². The van der Waals surface area contributed by atoms with Gasteiger partial charge in [0.1, 0.15) is 33.2 Å². The lowest BCUT2D eigenvalue weighted by Gasteiger charge is -2.12. The van der Waals surface area contributed by atoms with Gasteiger partial charge in [-0.3, -0.25) is 9.97 Å². The fourth-order valence-corrected chi connectivity index (χ4v) is 9.23. The summed E-state index contributed by atoms with van der Waals surface area (Å²) in [7, 11) is 0. The molecule has 4 aromatic carbocycles. The third-order valence-electron chi connectivity index (χ3n) is 8.43. The highest BCUT2D eigenvalue weighted by atomic mass is 32.2. The van der Waals surface area contributed by atoms with Crippen molar-refractivity contribution in [2.45, 2.75) is 11.5 Å². The van der Waals surface area contributed by atoms with Crippen LogP contribution in [0.5, 0.6) is 0 Å². The van der Waals surface area contributed by atoms with Gasteiger partial charge in [-0.1, -0.05) is 48.5 Å². The van der Waals surface area contributed by atoms with Crippen LogP contribution in [-0.2, 0) is 22.7 Å². The number of benzene rings is 4. The van der Waals surface area contributed by atoms with Crippen LogP contribution in [0, 0.1) is 11.6 Å². The molecule has 0 atom stereocenters. The number of hydrogen-bond donors (Lipinski definition) is 0. The van der Waals surface area contributed by atoms with E-state index in [1.54, 1.807) is 71.7 Å². The highest BCUT2D eigenvalue weighted by molar-refractivity contribution is 7.89. The number of nitrogens with zero attached hydrogens (tertiary/aromatic N) is 4. The van der Waals surface area contributed by atoms with Crippen molar-refractivity contribution in [2.75, 3.05) is 0 Å². The molecule has 5 nitrogen and oxygen atoms in total. The minimum absolute atomic E-state index is 0.292. The van der Waals surface area contributed by atoms with Crippen molar-refractivity contribution in [1.29, 1.82) is 0 Å². The molecule has 8 aromatic rings. The predicted molar refractivity (Wildman–Crippen MR) is 208 cm³/mol. The van der Waals surface area contributed by atoms with E-state index in [0.29, 0.717) is 11.5 Å². The Morgan fingerprint density at radius 2 is 0.788 bits per heavy atom. The van der Waals surface area contributed by atoms with E-state index < -0.39 is 11.2 Å². The van der Waals surface area contributed by atoms with Crippen LogP contribution in [0.3, 0.4) is 0 Å². The van der Waals surface area contributed by atoms with E-state index in [9.17, 15) is 13.3 Å². The van der Waals surface area contributed by atoms with Crippen LogP contribution in [0.15, 0.2) is 146 Å². The molecular weight excluding hydrogens is 711 g/mol. The molecule has 4 aromatic heterocycles. The quantitative estimate of drug-likeness (QED) is 0.131. The smallest absolute Gasteiger partial charge is 0.131 e. The number of thiazole rings is 2. The van der Waals surface area contributed by atoms with Gasteiger partial charge in [-0.05, 0) is 95.1 Å². The Bertz CT molecular complexity index is 2250. The van der Waals surface area contributed by atoms with Crippen LogP contribution in [-0.4, -0.2) is 24.5 Å². The van der Waals surface area contributed by atoms with Crippen LogP contribution >= 0.6 is 22.7 Å². The molecule has 0 unspecified atom stereocenters. The fraction of sp³-hybridized carbons (Fsp3) is 0.0476. The lowest BCUT2D eigenvalue weighted by Crippen LogP contribution is -2.07. The number of rotatable bonds is 10. The summed E-state index contributed by atoms with van der Waals surface area (Å²) < 4.78 is 40.7. The van der Waals surface area contributed by atoms with Crippen molar-refractivity contribution in [2.24, 2.45) is 0 Å². The van der Waals surface area contributed by atoms with E-state index in [4.69, 9.17) is 9.97 Å². The Morgan fingerprint density at radius 3 is 1.15 bits per heavy atom. The third-order valence-corrected chi connectivity index (χ3v) is 12.0. The number of pyridine rings is 2. The van der Waals surface area contributed by atoms with Crippen LogP contribution in [0.1, 0.15) is 11.1 Å².